The van der Waals surface area contributed by atoms with Crippen molar-refractivity contribution >= 4 is 65.0 Å². The molecule has 1 nitrogen and oxygen atoms in total. The molecule has 10 rings (SSSR count). The molecule has 0 aliphatic rings. The fourth-order valence-electron chi connectivity index (χ4n) is 7.16. The Balaban J connectivity index is 1.39. The first kappa shape index (κ1) is 19.4. The van der Waals surface area contributed by atoms with Gasteiger partial charge in [-0.2, -0.15) is 0 Å². The van der Waals surface area contributed by atoms with Crippen LogP contribution < -0.4 is 0 Å². The summed E-state index contributed by atoms with van der Waals surface area (Å²) in [4.78, 5) is 0. The van der Waals surface area contributed by atoms with Crippen LogP contribution in [0.4, 0.5) is 0 Å². The van der Waals surface area contributed by atoms with E-state index >= 15 is 0 Å². The molecule has 218 valence electrons. The lowest BCUT2D eigenvalue weighted by molar-refractivity contribution is 0.673. The summed E-state index contributed by atoms with van der Waals surface area (Å²) in [5.74, 6) is 0. The van der Waals surface area contributed by atoms with Crippen molar-refractivity contribution in [2.45, 2.75) is 0 Å². The van der Waals surface area contributed by atoms with Crippen molar-refractivity contribution in [1.82, 2.24) is 0 Å². The maximum atomic E-state index is 9.44. The second kappa shape index (κ2) is 10.2. The zero-order valence-electron chi connectivity index (χ0n) is 33.0. The summed E-state index contributed by atoms with van der Waals surface area (Å²) in [7, 11) is 0. The van der Waals surface area contributed by atoms with Gasteiger partial charge in [0.2, 0.25) is 0 Å². The third-order valence-electron chi connectivity index (χ3n) is 9.27. The molecule has 0 saturated carbocycles. The number of benzene rings is 9. The Morgan fingerprint density at radius 1 is 0.404 bits per heavy atom. The first-order valence-electron chi connectivity index (χ1n) is 19.5. The van der Waals surface area contributed by atoms with Crippen LogP contribution in [0.2, 0.25) is 0 Å². The third-order valence-corrected chi connectivity index (χ3v) is 9.27. The largest absolute Gasteiger partial charge is 0.455 e. The molecule has 0 aliphatic carbocycles. The maximum Gasteiger partial charge on any atom is 0.143 e. The quantitative estimate of drug-likeness (QED) is 0.183. The average Bonchev–Trinajstić information content (AvgIpc) is 3.62. The zero-order chi connectivity index (χ0) is 37.9. The molecular weight excluding hydrogens is 569 g/mol. The second-order valence-electron chi connectivity index (χ2n) is 11.8. The van der Waals surface area contributed by atoms with E-state index in [1.165, 1.54) is 0 Å². The minimum atomic E-state index is -0.438. The highest BCUT2D eigenvalue weighted by Crippen LogP contribution is 2.47. The van der Waals surface area contributed by atoms with Gasteiger partial charge in [0.05, 0.1) is 11.0 Å². The average molecular weight is 605 g/mol. The summed E-state index contributed by atoms with van der Waals surface area (Å²) in [6.45, 7) is 0. The van der Waals surface area contributed by atoms with Crippen LogP contribution in [-0.4, -0.2) is 0 Å². The van der Waals surface area contributed by atoms with Gasteiger partial charge in [-0.1, -0.05) is 145 Å². The summed E-state index contributed by atoms with van der Waals surface area (Å²) in [5.41, 5.74) is 5.02. The minimum absolute atomic E-state index is 0.167. The Labute approximate surface area is 283 Å². The van der Waals surface area contributed by atoms with Gasteiger partial charge in [-0.05, 0) is 95.3 Å². The van der Waals surface area contributed by atoms with Gasteiger partial charge in [-0.3, -0.25) is 0 Å². The molecule has 0 fully saturated rings. The zero-order valence-corrected chi connectivity index (χ0v) is 25.0. The van der Waals surface area contributed by atoms with E-state index in [-0.39, 0.29) is 45.7 Å². The lowest BCUT2D eigenvalue weighted by Gasteiger charge is -2.18. The number of hydrogen-bond acceptors (Lipinski definition) is 1. The van der Waals surface area contributed by atoms with Crippen molar-refractivity contribution in [3.63, 3.8) is 0 Å². The van der Waals surface area contributed by atoms with Gasteiger partial charge in [-0.15, -0.1) is 0 Å². The van der Waals surface area contributed by atoms with Crippen LogP contribution >= 0.6 is 0 Å². The molecule has 47 heavy (non-hydrogen) atoms. The predicted octanol–water partition coefficient (Wildman–Crippen LogP) is 13.2. The summed E-state index contributed by atoms with van der Waals surface area (Å²) >= 11 is 0. The Morgan fingerprint density at radius 3 is 1.77 bits per heavy atom. The van der Waals surface area contributed by atoms with Crippen LogP contribution in [0.5, 0.6) is 0 Å². The lowest BCUT2D eigenvalue weighted by atomic mass is 9.84. The molecule has 1 aromatic heterocycles. The maximum absolute atomic E-state index is 9.44. The van der Waals surface area contributed by atoms with Crippen LogP contribution in [0.1, 0.15) is 11.0 Å². The molecule has 9 aromatic carbocycles. The molecular formula is C46H28O. The molecule has 0 atom stereocenters. The molecule has 1 heteroatoms. The molecule has 0 bridgehead atoms. The summed E-state index contributed by atoms with van der Waals surface area (Å²) in [5, 5.41) is 5.86. The van der Waals surface area contributed by atoms with E-state index in [9.17, 15) is 5.48 Å². The smallest absolute Gasteiger partial charge is 0.143 e. The molecule has 0 radical (unpaired) electrons. The molecule has 0 aliphatic heterocycles. The van der Waals surface area contributed by atoms with Gasteiger partial charge < -0.3 is 4.42 Å². The van der Waals surface area contributed by atoms with E-state index in [1.807, 2.05) is 109 Å². The van der Waals surface area contributed by atoms with Crippen LogP contribution in [0.3, 0.4) is 0 Å². The van der Waals surface area contributed by atoms with Crippen molar-refractivity contribution in [1.29, 1.82) is 0 Å². The van der Waals surface area contributed by atoms with Crippen molar-refractivity contribution in [3.05, 3.63) is 170 Å². The number of hydrogen-bond donors (Lipinski definition) is 0. The van der Waals surface area contributed by atoms with E-state index in [0.29, 0.717) is 38.8 Å². The minimum Gasteiger partial charge on any atom is -0.455 e. The first-order chi connectivity index (χ1) is 26.6. The fraction of sp³-hybridized carbons (Fsp3) is 0. The number of furan rings is 1. The van der Waals surface area contributed by atoms with Gasteiger partial charge in [0, 0.05) is 16.2 Å². The van der Waals surface area contributed by atoms with Gasteiger partial charge >= 0.3 is 0 Å². The number of rotatable bonds is 3. The van der Waals surface area contributed by atoms with E-state index < -0.39 is 24.2 Å². The summed E-state index contributed by atoms with van der Waals surface area (Å²) < 4.78 is 79.7. The highest BCUT2D eigenvalue weighted by Gasteiger charge is 2.21. The summed E-state index contributed by atoms with van der Waals surface area (Å²) in [6, 6.07) is 36.3. The molecule has 0 N–H and O–H groups in total. The van der Waals surface area contributed by atoms with Crippen molar-refractivity contribution in [3.8, 4) is 33.4 Å². The second-order valence-corrected chi connectivity index (χ2v) is 11.8. The van der Waals surface area contributed by atoms with Crippen LogP contribution in [-0.2, 0) is 0 Å². The molecule has 1 heterocycles. The highest BCUT2D eigenvalue weighted by atomic mass is 16.3. The van der Waals surface area contributed by atoms with Crippen molar-refractivity contribution in [2.75, 3.05) is 0 Å². The molecule has 0 amide bonds. The highest BCUT2D eigenvalue weighted by molar-refractivity contribution is 6.27. The predicted molar refractivity (Wildman–Crippen MR) is 200 cm³/mol. The van der Waals surface area contributed by atoms with Crippen LogP contribution in [0.25, 0.3) is 98.4 Å². The standard InChI is InChI=1S/C46H28O/c1-2-11-29(12-3-1)31-21-22-33-28-34(24-23-32(33)27-31)43-36-15-6-8-17-38(36)44(39-18-9-7-16-37(39)43)40-19-10-20-42-45(40)41-26-25-30-13-4-5-14-35(30)46(41)47-42/h1-28H/i6D,7D,8D,9D,15D,16D,17D,18D. The summed E-state index contributed by atoms with van der Waals surface area (Å²) in [6.07, 6.45) is 0. The van der Waals surface area contributed by atoms with Gasteiger partial charge in [0.15, 0.2) is 0 Å². The lowest BCUT2D eigenvalue weighted by Crippen LogP contribution is -1.91. The molecule has 0 saturated heterocycles. The number of fused-ring (bicyclic) bond motifs is 8. The Hall–Kier alpha value is -6.18. The van der Waals surface area contributed by atoms with Crippen molar-refractivity contribution < 1.29 is 15.4 Å². The van der Waals surface area contributed by atoms with Gasteiger partial charge in [0.1, 0.15) is 11.2 Å². The Bertz CT molecular complexity index is 3220. The van der Waals surface area contributed by atoms with E-state index in [1.54, 1.807) is 6.07 Å². The first-order valence-corrected chi connectivity index (χ1v) is 15.5. The van der Waals surface area contributed by atoms with Gasteiger partial charge in [-0.25, -0.2) is 0 Å². The van der Waals surface area contributed by atoms with E-state index in [2.05, 4.69) is 6.07 Å². The van der Waals surface area contributed by atoms with Crippen LogP contribution in [0.15, 0.2) is 174 Å². The molecule has 0 spiro atoms. The van der Waals surface area contributed by atoms with E-state index in [0.717, 1.165) is 38.1 Å². The topological polar surface area (TPSA) is 13.1 Å². The van der Waals surface area contributed by atoms with Crippen molar-refractivity contribution in [2.24, 2.45) is 0 Å². The SMILES string of the molecule is [2H]c1c([2H])c([2H])c2c(-c3cccc4oc5c6ccccc6ccc5c34)c3c([2H])c([2H])c([2H])c([2H])c3c(-c3ccc4cc(-c5ccccc5)ccc4c3)c2c1[2H]. The normalized spacial score (nSPS) is 14.2. The Kier molecular flexibility index (Phi) is 4.19. The molecule has 0 unspecified atom stereocenters. The Morgan fingerprint density at radius 2 is 1.02 bits per heavy atom. The monoisotopic (exact) mass is 604 g/mol. The van der Waals surface area contributed by atoms with Crippen LogP contribution in [0, 0.1) is 0 Å². The van der Waals surface area contributed by atoms with E-state index in [4.69, 9.17) is 9.90 Å². The molecule has 10 aromatic rings. The van der Waals surface area contributed by atoms with Gasteiger partial charge in [0.25, 0.3) is 0 Å². The third kappa shape index (κ3) is 3.97. The fourth-order valence-corrected chi connectivity index (χ4v) is 7.16.